The zero-order valence-electron chi connectivity index (χ0n) is 10.0. The molecule has 2 rings (SSSR count). The predicted octanol–water partition coefficient (Wildman–Crippen LogP) is 4.43. The first-order valence-electron chi connectivity index (χ1n) is 5.98. The van der Waals surface area contributed by atoms with Crippen molar-refractivity contribution in [3.8, 4) is 0 Å². The van der Waals surface area contributed by atoms with Gasteiger partial charge in [0.1, 0.15) is 0 Å². The highest BCUT2D eigenvalue weighted by Gasteiger charge is 2.34. The molecule has 0 amide bonds. The van der Waals surface area contributed by atoms with Crippen molar-refractivity contribution in [3.05, 3.63) is 85.5 Å². The Morgan fingerprint density at radius 2 is 1.71 bits per heavy atom. The van der Waals surface area contributed by atoms with E-state index in [0.29, 0.717) is 5.92 Å². The van der Waals surface area contributed by atoms with Crippen LogP contribution in [-0.4, -0.2) is 0 Å². The summed E-state index contributed by atoms with van der Waals surface area (Å²) in [7, 11) is 0. The minimum absolute atomic E-state index is 0.0630. The Labute approximate surface area is 104 Å². The van der Waals surface area contributed by atoms with E-state index in [2.05, 4.69) is 67.8 Å². The second kappa shape index (κ2) is 5.01. The van der Waals surface area contributed by atoms with E-state index in [0.717, 1.165) is 6.42 Å². The van der Waals surface area contributed by atoms with E-state index in [1.807, 2.05) is 12.1 Å². The van der Waals surface area contributed by atoms with Crippen LogP contribution in [0.1, 0.15) is 12.0 Å². The molecule has 0 heterocycles. The van der Waals surface area contributed by atoms with Crippen molar-refractivity contribution in [2.24, 2.45) is 5.92 Å². The molecule has 0 nitrogen and oxygen atoms in total. The highest BCUT2D eigenvalue weighted by atomic mass is 14.4. The summed E-state index contributed by atoms with van der Waals surface area (Å²) in [5, 5.41) is 0. The molecule has 0 saturated heterocycles. The van der Waals surface area contributed by atoms with Gasteiger partial charge in [0.05, 0.1) is 0 Å². The summed E-state index contributed by atoms with van der Waals surface area (Å²) < 4.78 is 0. The third-order valence-corrected chi connectivity index (χ3v) is 3.50. The smallest absolute Gasteiger partial charge is 0.0261 e. The SMILES string of the molecule is C=CCC(C=C)(c1ccccc1)C1C=CC=C1. The molecule has 0 aromatic heterocycles. The molecule has 0 bridgehead atoms. The van der Waals surface area contributed by atoms with Gasteiger partial charge in [-0.15, -0.1) is 13.2 Å². The fourth-order valence-electron chi connectivity index (χ4n) is 2.55. The zero-order chi connectivity index (χ0) is 12.1. The van der Waals surface area contributed by atoms with Gasteiger partial charge in [0, 0.05) is 11.3 Å². The molecular weight excluding hydrogens is 204 g/mol. The highest BCUT2D eigenvalue weighted by Crippen LogP contribution is 2.40. The Morgan fingerprint density at radius 1 is 1.06 bits per heavy atom. The fraction of sp³-hybridized carbons (Fsp3) is 0.176. The van der Waals surface area contributed by atoms with Crippen LogP contribution in [-0.2, 0) is 5.41 Å². The first-order chi connectivity index (χ1) is 8.33. The van der Waals surface area contributed by atoms with Crippen molar-refractivity contribution in [2.75, 3.05) is 0 Å². The normalized spacial score (nSPS) is 17.9. The van der Waals surface area contributed by atoms with E-state index in [1.54, 1.807) is 0 Å². The number of benzene rings is 1. The average molecular weight is 222 g/mol. The van der Waals surface area contributed by atoms with Crippen molar-refractivity contribution >= 4 is 0 Å². The minimum atomic E-state index is -0.0630. The Bertz CT molecular complexity index is 438. The van der Waals surface area contributed by atoms with Crippen LogP contribution < -0.4 is 0 Å². The van der Waals surface area contributed by atoms with Crippen molar-refractivity contribution in [1.82, 2.24) is 0 Å². The molecule has 0 fully saturated rings. The van der Waals surface area contributed by atoms with Gasteiger partial charge in [-0.1, -0.05) is 66.8 Å². The van der Waals surface area contributed by atoms with Crippen molar-refractivity contribution < 1.29 is 0 Å². The number of rotatable bonds is 5. The molecule has 0 N–H and O–H groups in total. The Kier molecular flexibility index (Phi) is 3.43. The van der Waals surface area contributed by atoms with Crippen LogP contribution in [0.5, 0.6) is 0 Å². The molecule has 86 valence electrons. The molecule has 1 aromatic rings. The summed E-state index contributed by atoms with van der Waals surface area (Å²) in [5.41, 5.74) is 1.24. The van der Waals surface area contributed by atoms with Gasteiger partial charge in [0.15, 0.2) is 0 Å². The molecule has 0 spiro atoms. The minimum Gasteiger partial charge on any atom is -0.103 e. The molecule has 1 unspecified atom stereocenters. The van der Waals surface area contributed by atoms with Crippen LogP contribution in [0.15, 0.2) is 79.9 Å². The molecule has 17 heavy (non-hydrogen) atoms. The van der Waals surface area contributed by atoms with Gasteiger partial charge in [0.25, 0.3) is 0 Å². The van der Waals surface area contributed by atoms with Gasteiger partial charge >= 0.3 is 0 Å². The summed E-state index contributed by atoms with van der Waals surface area (Å²) in [6, 6.07) is 10.6. The lowest BCUT2D eigenvalue weighted by atomic mass is 9.68. The van der Waals surface area contributed by atoms with E-state index >= 15 is 0 Å². The van der Waals surface area contributed by atoms with Gasteiger partial charge in [-0.2, -0.15) is 0 Å². The quantitative estimate of drug-likeness (QED) is 0.646. The van der Waals surface area contributed by atoms with E-state index in [-0.39, 0.29) is 5.41 Å². The van der Waals surface area contributed by atoms with Gasteiger partial charge < -0.3 is 0 Å². The maximum Gasteiger partial charge on any atom is 0.0261 e. The van der Waals surface area contributed by atoms with Gasteiger partial charge in [0.2, 0.25) is 0 Å². The molecule has 1 aliphatic carbocycles. The first kappa shape index (κ1) is 11.7. The van der Waals surface area contributed by atoms with E-state index in [4.69, 9.17) is 0 Å². The maximum absolute atomic E-state index is 4.06. The molecule has 1 aromatic carbocycles. The van der Waals surface area contributed by atoms with Gasteiger partial charge in [-0.05, 0) is 12.0 Å². The van der Waals surface area contributed by atoms with Crippen molar-refractivity contribution in [2.45, 2.75) is 11.8 Å². The second-order valence-corrected chi connectivity index (χ2v) is 4.40. The lowest BCUT2D eigenvalue weighted by molar-refractivity contribution is 0.466. The molecule has 1 aliphatic rings. The highest BCUT2D eigenvalue weighted by molar-refractivity contribution is 5.39. The monoisotopic (exact) mass is 222 g/mol. The third-order valence-electron chi connectivity index (χ3n) is 3.50. The number of hydrogen-bond acceptors (Lipinski definition) is 0. The predicted molar refractivity (Wildman–Crippen MR) is 74.9 cm³/mol. The molecule has 0 saturated carbocycles. The topological polar surface area (TPSA) is 0 Å². The molecule has 0 radical (unpaired) electrons. The summed E-state index contributed by atoms with van der Waals surface area (Å²) in [6.45, 7) is 7.95. The first-order valence-corrected chi connectivity index (χ1v) is 5.98. The Morgan fingerprint density at radius 3 is 2.24 bits per heavy atom. The van der Waals surface area contributed by atoms with Gasteiger partial charge in [-0.3, -0.25) is 0 Å². The van der Waals surface area contributed by atoms with Crippen LogP contribution in [0, 0.1) is 5.92 Å². The molecule has 0 aliphatic heterocycles. The Balaban J connectivity index is 2.49. The zero-order valence-corrected chi connectivity index (χ0v) is 10.0. The second-order valence-electron chi connectivity index (χ2n) is 4.40. The number of allylic oxidation sites excluding steroid dienone is 6. The van der Waals surface area contributed by atoms with E-state index in [9.17, 15) is 0 Å². The summed E-state index contributed by atoms with van der Waals surface area (Å²) >= 11 is 0. The molecule has 1 atom stereocenters. The van der Waals surface area contributed by atoms with Crippen LogP contribution in [0.4, 0.5) is 0 Å². The van der Waals surface area contributed by atoms with E-state index in [1.165, 1.54) is 5.56 Å². The molecular formula is C17H18. The van der Waals surface area contributed by atoms with Crippen molar-refractivity contribution in [3.63, 3.8) is 0 Å². The standard InChI is InChI=1S/C17H18/c1-3-14-17(4-2,16-12-8-9-13-16)15-10-6-5-7-11-15/h3-13,16H,1-2,14H2. The summed E-state index contributed by atoms with van der Waals surface area (Å²) in [6.07, 6.45) is 13.6. The van der Waals surface area contributed by atoms with Gasteiger partial charge in [-0.25, -0.2) is 0 Å². The van der Waals surface area contributed by atoms with Crippen LogP contribution in [0.3, 0.4) is 0 Å². The van der Waals surface area contributed by atoms with Crippen molar-refractivity contribution in [1.29, 1.82) is 0 Å². The van der Waals surface area contributed by atoms with Crippen LogP contribution in [0.25, 0.3) is 0 Å². The lowest BCUT2D eigenvalue weighted by Crippen LogP contribution is -2.30. The fourth-order valence-corrected chi connectivity index (χ4v) is 2.55. The number of hydrogen-bond donors (Lipinski definition) is 0. The van der Waals surface area contributed by atoms with Crippen LogP contribution in [0.2, 0.25) is 0 Å². The van der Waals surface area contributed by atoms with Crippen LogP contribution >= 0.6 is 0 Å². The average Bonchev–Trinajstić information content (AvgIpc) is 2.91. The maximum atomic E-state index is 4.06. The van der Waals surface area contributed by atoms with E-state index < -0.39 is 0 Å². The third kappa shape index (κ3) is 2.03. The molecule has 0 heteroatoms. The lowest BCUT2D eigenvalue weighted by Gasteiger charge is -2.34. The largest absolute Gasteiger partial charge is 0.103 e. The summed E-state index contributed by atoms with van der Waals surface area (Å²) in [5.74, 6) is 0.375. The Hall–Kier alpha value is -1.82. The summed E-state index contributed by atoms with van der Waals surface area (Å²) in [4.78, 5) is 0.